The lowest BCUT2D eigenvalue weighted by atomic mass is 10.0. The summed E-state index contributed by atoms with van der Waals surface area (Å²) < 4.78 is 0. The van der Waals surface area contributed by atoms with Gasteiger partial charge in [-0.1, -0.05) is 12.1 Å². The summed E-state index contributed by atoms with van der Waals surface area (Å²) in [7, 11) is 0. The van der Waals surface area contributed by atoms with Gasteiger partial charge in [0.15, 0.2) is 5.78 Å². The molecule has 0 spiro atoms. The first-order chi connectivity index (χ1) is 11.0. The number of phenolic OH excluding ortho intramolecular Hbond substituents is 2. The molecule has 1 heterocycles. The van der Waals surface area contributed by atoms with Gasteiger partial charge in [0.1, 0.15) is 11.5 Å². The Hall–Kier alpha value is -3.35. The molecule has 1 aromatic heterocycles. The molecule has 116 valence electrons. The molecule has 0 atom stereocenters. The maximum absolute atomic E-state index is 12.4. The fourth-order valence-corrected chi connectivity index (χ4v) is 2.45. The van der Waals surface area contributed by atoms with Gasteiger partial charge in [-0.2, -0.15) is 0 Å². The number of H-pyrrole nitrogens is 1. The van der Waals surface area contributed by atoms with E-state index >= 15 is 0 Å². The van der Waals surface area contributed by atoms with Crippen LogP contribution in [-0.4, -0.2) is 25.9 Å². The second kappa shape index (κ2) is 5.45. The van der Waals surface area contributed by atoms with Gasteiger partial charge in [0.25, 0.3) is 5.69 Å². The minimum Gasteiger partial charge on any atom is -0.507 e. The molecule has 0 aliphatic rings. The lowest BCUT2D eigenvalue weighted by Crippen LogP contribution is -2.03. The van der Waals surface area contributed by atoms with E-state index in [2.05, 4.69) is 4.98 Å². The highest BCUT2D eigenvalue weighted by Crippen LogP contribution is 2.34. The standard InChI is InChI=1S/C16H12N2O5/c19-12-5-6-13(20)16-15(12)11(8-17-16)14(21)7-9-1-3-10(4-2-9)18(22)23/h1-6,8,17,19-20H,7H2. The molecule has 0 fully saturated rings. The van der Waals surface area contributed by atoms with Crippen molar-refractivity contribution in [3.8, 4) is 11.5 Å². The number of benzene rings is 2. The molecule has 3 rings (SSSR count). The van der Waals surface area contributed by atoms with Gasteiger partial charge in [0.2, 0.25) is 0 Å². The number of aromatic hydroxyl groups is 2. The van der Waals surface area contributed by atoms with Gasteiger partial charge in [-0.25, -0.2) is 0 Å². The fraction of sp³-hybridized carbons (Fsp3) is 0.0625. The van der Waals surface area contributed by atoms with Crippen LogP contribution in [0.15, 0.2) is 42.6 Å². The third-order valence-electron chi connectivity index (χ3n) is 3.60. The van der Waals surface area contributed by atoms with Crippen molar-refractivity contribution in [2.75, 3.05) is 0 Å². The summed E-state index contributed by atoms with van der Waals surface area (Å²) in [6.45, 7) is 0. The summed E-state index contributed by atoms with van der Waals surface area (Å²) in [5, 5.41) is 30.5. The van der Waals surface area contributed by atoms with Crippen molar-refractivity contribution < 1.29 is 19.9 Å². The Balaban J connectivity index is 1.92. The molecule has 7 nitrogen and oxygen atoms in total. The van der Waals surface area contributed by atoms with Gasteiger partial charge >= 0.3 is 0 Å². The molecular formula is C16H12N2O5. The van der Waals surface area contributed by atoms with E-state index in [-0.39, 0.29) is 45.9 Å². The lowest BCUT2D eigenvalue weighted by molar-refractivity contribution is -0.384. The molecule has 2 aromatic carbocycles. The van der Waals surface area contributed by atoms with Crippen LogP contribution in [0.3, 0.4) is 0 Å². The highest BCUT2D eigenvalue weighted by atomic mass is 16.6. The smallest absolute Gasteiger partial charge is 0.269 e. The zero-order valence-corrected chi connectivity index (χ0v) is 11.8. The number of ketones is 1. The summed E-state index contributed by atoms with van der Waals surface area (Å²) in [4.78, 5) is 25.3. The van der Waals surface area contributed by atoms with Crippen molar-refractivity contribution in [2.24, 2.45) is 0 Å². The van der Waals surface area contributed by atoms with Crippen molar-refractivity contribution in [1.82, 2.24) is 4.98 Å². The summed E-state index contributed by atoms with van der Waals surface area (Å²) in [5.41, 5.74) is 1.12. The maximum atomic E-state index is 12.4. The van der Waals surface area contributed by atoms with Gasteiger partial charge in [0, 0.05) is 30.3 Å². The first-order valence-electron chi connectivity index (χ1n) is 6.76. The molecule has 7 heteroatoms. The highest BCUT2D eigenvalue weighted by molar-refractivity contribution is 6.11. The highest BCUT2D eigenvalue weighted by Gasteiger charge is 2.18. The number of hydrogen-bond acceptors (Lipinski definition) is 5. The third kappa shape index (κ3) is 2.59. The van der Waals surface area contributed by atoms with E-state index < -0.39 is 4.92 Å². The van der Waals surface area contributed by atoms with Gasteiger partial charge in [-0.3, -0.25) is 14.9 Å². The Bertz CT molecular complexity index is 912. The van der Waals surface area contributed by atoms with Crippen LogP contribution in [0, 0.1) is 10.1 Å². The van der Waals surface area contributed by atoms with Crippen molar-refractivity contribution in [3.05, 3.63) is 63.8 Å². The Morgan fingerprint density at radius 3 is 2.39 bits per heavy atom. The van der Waals surface area contributed by atoms with Crippen LogP contribution in [0.4, 0.5) is 5.69 Å². The monoisotopic (exact) mass is 312 g/mol. The number of rotatable bonds is 4. The average Bonchev–Trinajstić information content (AvgIpc) is 2.98. The minimum atomic E-state index is -0.508. The molecule has 0 amide bonds. The largest absolute Gasteiger partial charge is 0.507 e. The molecule has 0 radical (unpaired) electrons. The van der Waals surface area contributed by atoms with E-state index in [0.717, 1.165) is 0 Å². The number of non-ortho nitro benzene ring substituents is 1. The number of phenols is 2. The molecule has 3 N–H and O–H groups in total. The number of nitro benzene ring substituents is 1. The third-order valence-corrected chi connectivity index (χ3v) is 3.60. The Labute approximate surface area is 130 Å². The van der Waals surface area contributed by atoms with Crippen LogP contribution < -0.4 is 0 Å². The summed E-state index contributed by atoms with van der Waals surface area (Å²) in [6.07, 6.45) is 1.46. The van der Waals surface area contributed by atoms with Crippen LogP contribution >= 0.6 is 0 Å². The Morgan fingerprint density at radius 2 is 1.74 bits per heavy atom. The number of nitrogens with zero attached hydrogens (tertiary/aromatic N) is 1. The maximum Gasteiger partial charge on any atom is 0.269 e. The number of hydrogen-bond donors (Lipinski definition) is 3. The number of carbonyl (C=O) groups is 1. The number of nitro groups is 1. The van der Waals surface area contributed by atoms with Crippen LogP contribution in [0.25, 0.3) is 10.9 Å². The molecule has 0 aliphatic carbocycles. The van der Waals surface area contributed by atoms with Crippen LogP contribution in [-0.2, 0) is 6.42 Å². The number of carbonyl (C=O) groups excluding carboxylic acids is 1. The van der Waals surface area contributed by atoms with Gasteiger partial charge in [-0.15, -0.1) is 0 Å². The van der Waals surface area contributed by atoms with E-state index in [1.54, 1.807) is 0 Å². The SMILES string of the molecule is O=C(Cc1ccc([N+](=O)[O-])cc1)c1c[nH]c2c(O)ccc(O)c12. The minimum absolute atomic E-state index is 0.0278. The van der Waals surface area contributed by atoms with Gasteiger partial charge < -0.3 is 15.2 Å². The predicted octanol–water partition coefficient (Wildman–Crippen LogP) is 2.91. The molecule has 0 saturated carbocycles. The Morgan fingerprint density at radius 1 is 1.09 bits per heavy atom. The molecule has 0 bridgehead atoms. The van der Waals surface area contributed by atoms with E-state index in [9.17, 15) is 25.1 Å². The van der Waals surface area contributed by atoms with Crippen molar-refractivity contribution in [2.45, 2.75) is 6.42 Å². The van der Waals surface area contributed by atoms with E-state index in [0.29, 0.717) is 5.56 Å². The molecule has 0 unspecified atom stereocenters. The van der Waals surface area contributed by atoms with Crippen molar-refractivity contribution in [3.63, 3.8) is 0 Å². The summed E-state index contributed by atoms with van der Waals surface area (Å²) in [5.74, 6) is -0.440. The molecule has 23 heavy (non-hydrogen) atoms. The van der Waals surface area contributed by atoms with Crippen LogP contribution in [0.5, 0.6) is 11.5 Å². The number of fused-ring (bicyclic) bond motifs is 1. The van der Waals surface area contributed by atoms with E-state index in [1.165, 1.54) is 42.6 Å². The van der Waals surface area contributed by atoms with E-state index in [1.807, 2.05) is 0 Å². The number of Topliss-reactive ketones (excluding diaryl/α,β-unsaturated/α-hetero) is 1. The Kier molecular flexibility index (Phi) is 3.46. The number of nitrogens with one attached hydrogen (secondary N) is 1. The first kappa shape index (κ1) is 14.6. The fourth-order valence-electron chi connectivity index (χ4n) is 2.45. The number of aromatic nitrogens is 1. The van der Waals surface area contributed by atoms with Gasteiger partial charge in [-0.05, 0) is 17.7 Å². The lowest BCUT2D eigenvalue weighted by Gasteiger charge is -2.03. The van der Waals surface area contributed by atoms with Crippen molar-refractivity contribution >= 4 is 22.4 Å². The zero-order valence-electron chi connectivity index (χ0n) is 11.8. The summed E-state index contributed by atoms with van der Waals surface area (Å²) in [6, 6.07) is 8.35. The first-order valence-corrected chi connectivity index (χ1v) is 6.76. The van der Waals surface area contributed by atoms with Crippen LogP contribution in [0.1, 0.15) is 15.9 Å². The summed E-state index contributed by atoms with van der Waals surface area (Å²) >= 11 is 0. The zero-order chi connectivity index (χ0) is 16.6. The average molecular weight is 312 g/mol. The van der Waals surface area contributed by atoms with Crippen LogP contribution in [0.2, 0.25) is 0 Å². The second-order valence-electron chi connectivity index (χ2n) is 5.08. The number of aromatic amines is 1. The molecular weight excluding hydrogens is 300 g/mol. The van der Waals surface area contributed by atoms with E-state index in [4.69, 9.17) is 0 Å². The van der Waals surface area contributed by atoms with Gasteiger partial charge in [0.05, 0.1) is 15.8 Å². The van der Waals surface area contributed by atoms with Crippen molar-refractivity contribution in [1.29, 1.82) is 0 Å². The normalized spacial score (nSPS) is 10.8. The second-order valence-corrected chi connectivity index (χ2v) is 5.08. The topological polar surface area (TPSA) is 116 Å². The molecule has 0 aliphatic heterocycles. The molecule has 3 aromatic rings. The molecule has 0 saturated heterocycles. The predicted molar refractivity (Wildman–Crippen MR) is 82.8 cm³/mol. The quantitative estimate of drug-likeness (QED) is 0.296.